The Balaban J connectivity index is 1.30. The Labute approximate surface area is 311 Å². The zero-order valence-electron chi connectivity index (χ0n) is 28.1. The largest absolute Gasteiger partial charge is 0.534 e. The van der Waals surface area contributed by atoms with Crippen molar-refractivity contribution in [1.29, 1.82) is 0 Å². The molecular weight excluding hydrogens is 730 g/mol. The third-order valence-electron chi connectivity index (χ3n) is 9.16. The summed E-state index contributed by atoms with van der Waals surface area (Å²) in [7, 11) is -6.02. The molecule has 0 saturated carbocycles. The monoisotopic (exact) mass is 756 g/mol. The zero-order chi connectivity index (χ0) is 37.0. The highest BCUT2D eigenvalue weighted by molar-refractivity contribution is 7.88. The van der Waals surface area contributed by atoms with Crippen LogP contribution in [-0.2, 0) is 10.1 Å². The van der Waals surface area contributed by atoms with Gasteiger partial charge in [-0.05, 0) is 78.9 Å². The molecule has 0 spiro atoms. The summed E-state index contributed by atoms with van der Waals surface area (Å²) in [6.45, 7) is 0. The lowest BCUT2D eigenvalue weighted by molar-refractivity contribution is -0.0500. The maximum Gasteiger partial charge on any atom is 0.534 e. The standard InChI is InChI=1S/C43H27F3N2O4S2/c44-43(45,46)54(49,50)52-33-26-37-36-24-31(47(28-12-4-1-5-13-28)29-14-6-2-7-15-29)21-23-39(36)51-42(37)38(27-33)48(30-16-8-3-9-17-30)32-20-22-35-34-18-10-11-19-40(34)53-41(35)25-32/h1-27H. The number of rotatable bonds is 8. The van der Waals surface area contributed by atoms with Gasteiger partial charge in [0.25, 0.3) is 0 Å². The average Bonchev–Trinajstić information content (AvgIpc) is 3.74. The van der Waals surface area contributed by atoms with Gasteiger partial charge in [-0.1, -0.05) is 78.9 Å². The number of nitrogens with zero attached hydrogens (tertiary/aromatic N) is 2. The number of fused-ring (bicyclic) bond motifs is 6. The van der Waals surface area contributed by atoms with Crippen LogP contribution in [0.5, 0.6) is 5.75 Å². The van der Waals surface area contributed by atoms with Crippen molar-refractivity contribution >= 4 is 97.7 Å². The minimum absolute atomic E-state index is 0.285. The van der Waals surface area contributed by atoms with E-state index in [1.54, 1.807) is 17.4 Å². The maximum absolute atomic E-state index is 13.8. The van der Waals surface area contributed by atoms with Crippen molar-refractivity contribution in [2.45, 2.75) is 5.51 Å². The molecule has 266 valence electrons. The quantitative estimate of drug-likeness (QED) is 0.114. The van der Waals surface area contributed by atoms with E-state index in [1.165, 1.54) is 12.1 Å². The van der Waals surface area contributed by atoms with Gasteiger partial charge in [0.15, 0.2) is 5.58 Å². The normalized spacial score (nSPS) is 12.1. The Kier molecular flexibility index (Phi) is 8.06. The third kappa shape index (κ3) is 5.87. The van der Waals surface area contributed by atoms with Crippen molar-refractivity contribution < 1.29 is 30.2 Å². The van der Waals surface area contributed by atoms with E-state index in [0.29, 0.717) is 33.3 Å². The summed E-state index contributed by atoms with van der Waals surface area (Å²) < 4.78 is 79.8. The fourth-order valence-corrected chi connectivity index (χ4v) is 8.39. The molecule has 0 N–H and O–H groups in total. The first-order valence-corrected chi connectivity index (χ1v) is 19.0. The summed E-state index contributed by atoms with van der Waals surface area (Å²) in [5, 5.41) is 3.08. The highest BCUT2D eigenvalue weighted by Crippen LogP contribution is 2.48. The number of halogens is 3. The number of thiophene rings is 1. The third-order valence-corrected chi connectivity index (χ3v) is 11.3. The van der Waals surface area contributed by atoms with E-state index in [1.807, 2.05) is 143 Å². The molecular formula is C43H27F3N2O4S2. The van der Waals surface area contributed by atoms with Crippen LogP contribution in [0.4, 0.5) is 47.3 Å². The Morgan fingerprint density at radius 1 is 0.519 bits per heavy atom. The minimum Gasteiger partial charge on any atom is -0.454 e. The predicted octanol–water partition coefficient (Wildman–Crippen LogP) is 13.1. The zero-order valence-corrected chi connectivity index (χ0v) is 29.7. The average molecular weight is 757 g/mol. The molecule has 0 saturated heterocycles. The summed E-state index contributed by atoms with van der Waals surface area (Å²) in [6, 6.07) is 50.9. The van der Waals surface area contributed by atoms with E-state index < -0.39 is 21.4 Å². The molecule has 11 heteroatoms. The fraction of sp³-hybridized carbons (Fsp3) is 0.0233. The van der Waals surface area contributed by atoms with Gasteiger partial charge in [-0.15, -0.1) is 11.3 Å². The van der Waals surface area contributed by atoms with Gasteiger partial charge in [0.2, 0.25) is 0 Å². The van der Waals surface area contributed by atoms with E-state index in [9.17, 15) is 21.6 Å². The highest BCUT2D eigenvalue weighted by Gasteiger charge is 2.48. The SMILES string of the molecule is O=S(=O)(Oc1cc(N(c2ccccc2)c2ccc3c(c2)sc2ccccc23)c2oc3ccc(N(c4ccccc4)c4ccccc4)cc3c2c1)C(F)(F)F. The van der Waals surface area contributed by atoms with Crippen LogP contribution in [0, 0.1) is 0 Å². The number of para-hydroxylation sites is 3. The molecule has 0 aliphatic carbocycles. The Bertz CT molecular complexity index is 2890. The van der Waals surface area contributed by atoms with Crippen molar-refractivity contribution in [2.75, 3.05) is 9.80 Å². The molecule has 0 atom stereocenters. The first-order chi connectivity index (χ1) is 26.1. The molecule has 0 aliphatic rings. The van der Waals surface area contributed by atoms with Gasteiger partial charge in [0.05, 0.1) is 5.69 Å². The van der Waals surface area contributed by atoms with Crippen LogP contribution in [0.1, 0.15) is 0 Å². The van der Waals surface area contributed by atoms with E-state index in [0.717, 1.165) is 37.2 Å². The smallest absolute Gasteiger partial charge is 0.454 e. The van der Waals surface area contributed by atoms with Gasteiger partial charge < -0.3 is 18.4 Å². The second-order valence-corrected chi connectivity index (χ2v) is 15.2. The van der Waals surface area contributed by atoms with E-state index in [-0.39, 0.29) is 5.69 Å². The number of hydrogen-bond acceptors (Lipinski definition) is 7. The van der Waals surface area contributed by atoms with Crippen molar-refractivity contribution in [3.63, 3.8) is 0 Å². The lowest BCUT2D eigenvalue weighted by Gasteiger charge is -2.26. The lowest BCUT2D eigenvalue weighted by Crippen LogP contribution is -2.28. The molecule has 0 radical (unpaired) electrons. The summed E-state index contributed by atoms with van der Waals surface area (Å²) in [5.41, 5.74) is -0.753. The van der Waals surface area contributed by atoms with Gasteiger partial charge in [0.1, 0.15) is 11.3 Å². The molecule has 54 heavy (non-hydrogen) atoms. The number of benzene rings is 7. The van der Waals surface area contributed by atoms with Crippen LogP contribution in [0.15, 0.2) is 168 Å². The van der Waals surface area contributed by atoms with Crippen LogP contribution in [0.25, 0.3) is 42.1 Å². The molecule has 6 nitrogen and oxygen atoms in total. The van der Waals surface area contributed by atoms with Crippen LogP contribution < -0.4 is 14.0 Å². The molecule has 9 rings (SSSR count). The van der Waals surface area contributed by atoms with Gasteiger partial charge in [-0.3, -0.25) is 0 Å². The van der Waals surface area contributed by atoms with Gasteiger partial charge in [0, 0.05) is 65.4 Å². The summed E-state index contributed by atoms with van der Waals surface area (Å²) >= 11 is 1.62. The van der Waals surface area contributed by atoms with E-state index in [4.69, 9.17) is 8.60 Å². The van der Waals surface area contributed by atoms with Crippen molar-refractivity contribution in [1.82, 2.24) is 0 Å². The molecule has 0 amide bonds. The minimum atomic E-state index is -6.02. The Hall–Kier alpha value is -6.30. The van der Waals surface area contributed by atoms with Crippen molar-refractivity contribution in [3.8, 4) is 5.75 Å². The number of anilines is 6. The second-order valence-electron chi connectivity index (χ2n) is 12.5. The van der Waals surface area contributed by atoms with Crippen LogP contribution in [-0.4, -0.2) is 13.9 Å². The molecule has 0 fully saturated rings. The van der Waals surface area contributed by atoms with E-state index in [2.05, 4.69) is 12.1 Å². The summed E-state index contributed by atoms with van der Waals surface area (Å²) in [4.78, 5) is 3.88. The Morgan fingerprint density at radius 2 is 1.07 bits per heavy atom. The predicted molar refractivity (Wildman–Crippen MR) is 212 cm³/mol. The number of furan rings is 1. The number of alkyl halides is 3. The van der Waals surface area contributed by atoms with E-state index >= 15 is 0 Å². The fourth-order valence-electron chi connectivity index (χ4n) is 6.81. The molecule has 2 heterocycles. The first kappa shape index (κ1) is 33.5. The summed E-state index contributed by atoms with van der Waals surface area (Å²) in [6.07, 6.45) is 0. The molecule has 0 bridgehead atoms. The van der Waals surface area contributed by atoms with Gasteiger partial charge >= 0.3 is 15.6 Å². The van der Waals surface area contributed by atoms with Crippen molar-refractivity contribution in [3.05, 3.63) is 164 Å². The molecule has 7 aromatic carbocycles. The molecule has 0 unspecified atom stereocenters. The van der Waals surface area contributed by atoms with Crippen LogP contribution in [0.3, 0.4) is 0 Å². The highest BCUT2D eigenvalue weighted by atomic mass is 32.2. The van der Waals surface area contributed by atoms with Gasteiger partial charge in [-0.25, -0.2) is 0 Å². The Morgan fingerprint density at radius 3 is 1.72 bits per heavy atom. The maximum atomic E-state index is 13.8. The molecule has 2 aromatic heterocycles. The van der Waals surface area contributed by atoms with Gasteiger partial charge in [-0.2, -0.15) is 21.6 Å². The number of hydrogen-bond donors (Lipinski definition) is 0. The van der Waals surface area contributed by atoms with Crippen LogP contribution in [0.2, 0.25) is 0 Å². The van der Waals surface area contributed by atoms with Crippen molar-refractivity contribution in [2.24, 2.45) is 0 Å². The second kappa shape index (κ2) is 13.0. The summed E-state index contributed by atoms with van der Waals surface area (Å²) in [5.74, 6) is -0.519. The molecule has 0 aliphatic heterocycles. The lowest BCUT2D eigenvalue weighted by atomic mass is 10.1. The first-order valence-electron chi connectivity index (χ1n) is 16.8. The molecule has 9 aromatic rings. The topological polar surface area (TPSA) is 63.0 Å². The van der Waals surface area contributed by atoms with Crippen LogP contribution >= 0.6 is 11.3 Å².